The molecule has 1 N–H and O–H groups in total. The van der Waals surface area contributed by atoms with Gasteiger partial charge in [0, 0.05) is 6.54 Å². The van der Waals surface area contributed by atoms with Gasteiger partial charge in [0.25, 0.3) is 0 Å². The number of sulfonamides is 1. The highest BCUT2D eigenvalue weighted by molar-refractivity contribution is 7.89. The average Bonchev–Trinajstić information content (AvgIpc) is 2.80. The zero-order chi connectivity index (χ0) is 23.8. The molecule has 8 heteroatoms. The van der Waals surface area contributed by atoms with Crippen LogP contribution < -0.4 is 10.1 Å². The van der Waals surface area contributed by atoms with Gasteiger partial charge in [-0.1, -0.05) is 42.5 Å². The highest BCUT2D eigenvalue weighted by atomic mass is 32.2. The Kier molecular flexibility index (Phi) is 8.19. The van der Waals surface area contributed by atoms with Crippen LogP contribution in [0.2, 0.25) is 0 Å². The molecule has 0 saturated heterocycles. The lowest BCUT2D eigenvalue weighted by atomic mass is 10.1. The number of benzene rings is 3. The highest BCUT2D eigenvalue weighted by Crippen LogP contribution is 2.22. The standard InChI is InChI=1S/C25H27FN2O4S/c1-3-32-23-13-15-24(16-14-23)33(30,31)28(17-20-7-5-4-6-8-20)18-25(29)27-19(2)21-9-11-22(26)12-10-21/h4-16,19H,3,17-18H2,1-2H3,(H,27,29)/t19-/m1/s1. The largest absolute Gasteiger partial charge is 0.494 e. The summed E-state index contributed by atoms with van der Waals surface area (Å²) in [5.74, 6) is -0.262. The number of hydrogen-bond donors (Lipinski definition) is 1. The van der Waals surface area contributed by atoms with Gasteiger partial charge in [-0.05, 0) is 61.4 Å². The minimum absolute atomic E-state index is 0.0364. The Morgan fingerprint density at radius 3 is 2.24 bits per heavy atom. The fourth-order valence-corrected chi connectivity index (χ4v) is 4.70. The smallest absolute Gasteiger partial charge is 0.243 e. The van der Waals surface area contributed by atoms with Crippen molar-refractivity contribution in [1.29, 1.82) is 0 Å². The summed E-state index contributed by atoms with van der Waals surface area (Å²) in [4.78, 5) is 12.9. The molecule has 174 valence electrons. The number of nitrogens with zero attached hydrogens (tertiary/aromatic N) is 1. The van der Waals surface area contributed by atoms with Crippen LogP contribution in [-0.2, 0) is 21.4 Å². The minimum atomic E-state index is -3.96. The van der Waals surface area contributed by atoms with Gasteiger partial charge < -0.3 is 10.1 Å². The summed E-state index contributed by atoms with van der Waals surface area (Å²) < 4.78 is 46.5. The molecule has 0 radical (unpaired) electrons. The van der Waals surface area contributed by atoms with Crippen molar-refractivity contribution in [2.45, 2.75) is 31.3 Å². The minimum Gasteiger partial charge on any atom is -0.494 e. The van der Waals surface area contributed by atoms with Gasteiger partial charge in [-0.25, -0.2) is 12.8 Å². The van der Waals surface area contributed by atoms with E-state index in [-0.39, 0.29) is 23.8 Å². The monoisotopic (exact) mass is 470 g/mol. The number of rotatable bonds is 10. The van der Waals surface area contributed by atoms with Gasteiger partial charge >= 0.3 is 0 Å². The van der Waals surface area contributed by atoms with E-state index in [0.717, 1.165) is 9.87 Å². The molecule has 0 heterocycles. The summed E-state index contributed by atoms with van der Waals surface area (Å²) in [6.45, 7) is 3.74. The first-order chi connectivity index (χ1) is 15.8. The maximum Gasteiger partial charge on any atom is 0.243 e. The van der Waals surface area contributed by atoms with Crippen LogP contribution in [0.3, 0.4) is 0 Å². The van der Waals surface area contributed by atoms with E-state index < -0.39 is 22.0 Å². The molecular weight excluding hydrogens is 443 g/mol. The summed E-state index contributed by atoms with van der Waals surface area (Å²) in [5.41, 5.74) is 1.47. The van der Waals surface area contributed by atoms with E-state index in [9.17, 15) is 17.6 Å². The van der Waals surface area contributed by atoms with E-state index in [2.05, 4.69) is 5.32 Å². The lowest BCUT2D eigenvalue weighted by molar-refractivity contribution is -0.122. The lowest BCUT2D eigenvalue weighted by Gasteiger charge is -2.23. The summed E-state index contributed by atoms with van der Waals surface area (Å²) in [5, 5.41) is 2.79. The molecule has 6 nitrogen and oxygen atoms in total. The second-order valence-corrected chi connectivity index (χ2v) is 9.44. The predicted octanol–water partition coefficient (Wildman–Crippen LogP) is 4.29. The van der Waals surface area contributed by atoms with Gasteiger partial charge in [0.05, 0.1) is 24.1 Å². The van der Waals surface area contributed by atoms with Gasteiger partial charge in [-0.3, -0.25) is 4.79 Å². The topological polar surface area (TPSA) is 75.7 Å². The molecule has 0 aliphatic heterocycles. The molecule has 3 aromatic rings. The van der Waals surface area contributed by atoms with Crippen LogP contribution in [-0.4, -0.2) is 31.8 Å². The molecule has 3 aromatic carbocycles. The van der Waals surface area contributed by atoms with Gasteiger partial charge in [0.1, 0.15) is 11.6 Å². The highest BCUT2D eigenvalue weighted by Gasteiger charge is 2.27. The number of carbonyl (C=O) groups is 1. The van der Waals surface area contributed by atoms with Crippen molar-refractivity contribution < 1.29 is 22.3 Å². The van der Waals surface area contributed by atoms with Crippen LogP contribution in [0, 0.1) is 5.82 Å². The molecule has 0 aliphatic carbocycles. The maximum atomic E-state index is 13.4. The molecule has 0 aromatic heterocycles. The van der Waals surface area contributed by atoms with Crippen molar-refractivity contribution in [3.8, 4) is 5.75 Å². The zero-order valence-corrected chi connectivity index (χ0v) is 19.4. The van der Waals surface area contributed by atoms with Crippen LogP contribution in [0.25, 0.3) is 0 Å². The molecule has 1 amide bonds. The lowest BCUT2D eigenvalue weighted by Crippen LogP contribution is -2.41. The van der Waals surface area contributed by atoms with E-state index in [0.29, 0.717) is 17.9 Å². The maximum absolute atomic E-state index is 13.4. The molecule has 0 aliphatic rings. The number of carbonyl (C=O) groups excluding carboxylic acids is 1. The second kappa shape index (κ2) is 11.1. The van der Waals surface area contributed by atoms with Gasteiger partial charge in [-0.2, -0.15) is 4.31 Å². The van der Waals surface area contributed by atoms with E-state index in [1.807, 2.05) is 25.1 Å². The summed E-state index contributed by atoms with van der Waals surface area (Å²) >= 11 is 0. The van der Waals surface area contributed by atoms with Crippen LogP contribution >= 0.6 is 0 Å². The first-order valence-corrected chi connectivity index (χ1v) is 12.1. The number of halogens is 1. The van der Waals surface area contributed by atoms with Crippen molar-refractivity contribution in [2.24, 2.45) is 0 Å². The number of ether oxygens (including phenoxy) is 1. The van der Waals surface area contributed by atoms with Crippen LogP contribution in [0.5, 0.6) is 5.75 Å². The summed E-state index contributed by atoms with van der Waals surface area (Å²) in [6.07, 6.45) is 0. The zero-order valence-electron chi connectivity index (χ0n) is 18.6. The Labute approximate surface area is 194 Å². The molecule has 3 rings (SSSR count). The number of amides is 1. The molecule has 0 saturated carbocycles. The Morgan fingerprint density at radius 1 is 1.00 bits per heavy atom. The Bertz CT molecular complexity index is 1150. The van der Waals surface area contributed by atoms with Crippen molar-refractivity contribution in [3.63, 3.8) is 0 Å². The van der Waals surface area contributed by atoms with Crippen LogP contribution in [0.4, 0.5) is 4.39 Å². The Morgan fingerprint density at radius 2 is 1.64 bits per heavy atom. The van der Waals surface area contributed by atoms with Gasteiger partial charge in [-0.15, -0.1) is 0 Å². The van der Waals surface area contributed by atoms with Gasteiger partial charge in [0.2, 0.25) is 15.9 Å². The van der Waals surface area contributed by atoms with E-state index in [4.69, 9.17) is 4.74 Å². The van der Waals surface area contributed by atoms with Crippen molar-refractivity contribution >= 4 is 15.9 Å². The molecule has 0 spiro atoms. The third-order valence-electron chi connectivity index (χ3n) is 5.04. The SMILES string of the molecule is CCOc1ccc(S(=O)(=O)N(CC(=O)N[C@H](C)c2ccc(F)cc2)Cc2ccccc2)cc1. The van der Waals surface area contributed by atoms with Crippen LogP contribution in [0.15, 0.2) is 83.8 Å². The third-order valence-corrected chi connectivity index (χ3v) is 6.85. The van der Waals surface area contributed by atoms with Crippen LogP contribution in [0.1, 0.15) is 31.0 Å². The molecule has 0 bridgehead atoms. The first-order valence-electron chi connectivity index (χ1n) is 10.6. The molecule has 0 fully saturated rings. The van der Waals surface area contributed by atoms with Crippen molar-refractivity contribution in [2.75, 3.05) is 13.2 Å². The quantitative estimate of drug-likeness (QED) is 0.480. The van der Waals surface area contributed by atoms with Crippen molar-refractivity contribution in [3.05, 3.63) is 95.8 Å². The second-order valence-electron chi connectivity index (χ2n) is 7.50. The van der Waals surface area contributed by atoms with E-state index in [1.54, 1.807) is 43.3 Å². The average molecular weight is 471 g/mol. The Hall–Kier alpha value is -3.23. The summed E-state index contributed by atoms with van der Waals surface area (Å²) in [6, 6.07) is 20.6. The fraction of sp³-hybridized carbons (Fsp3) is 0.240. The molecule has 33 heavy (non-hydrogen) atoms. The molecule has 0 unspecified atom stereocenters. The molecule has 1 atom stereocenters. The van der Waals surface area contributed by atoms with Crippen molar-refractivity contribution in [1.82, 2.24) is 9.62 Å². The number of hydrogen-bond acceptors (Lipinski definition) is 4. The normalized spacial score (nSPS) is 12.4. The summed E-state index contributed by atoms with van der Waals surface area (Å²) in [7, 11) is -3.96. The Balaban J connectivity index is 1.81. The third kappa shape index (κ3) is 6.63. The van der Waals surface area contributed by atoms with E-state index in [1.165, 1.54) is 24.3 Å². The van der Waals surface area contributed by atoms with Gasteiger partial charge in [0.15, 0.2) is 0 Å². The fourth-order valence-electron chi connectivity index (χ4n) is 3.32. The first kappa shape index (κ1) is 24.4. The molecular formula is C25H27FN2O4S. The predicted molar refractivity (Wildman–Crippen MR) is 125 cm³/mol. The van der Waals surface area contributed by atoms with E-state index >= 15 is 0 Å². The number of nitrogens with one attached hydrogen (secondary N) is 1.